The third-order valence-electron chi connectivity index (χ3n) is 1.03. The van der Waals surface area contributed by atoms with Gasteiger partial charge in [0.15, 0.2) is 0 Å². The lowest BCUT2D eigenvalue weighted by atomic mass is 10.6. The number of hydrogen-bond donors (Lipinski definition) is 0. The van der Waals surface area contributed by atoms with Crippen molar-refractivity contribution in [3.63, 3.8) is 0 Å². The van der Waals surface area contributed by atoms with Crippen LogP contribution in [-0.4, -0.2) is 31.8 Å². The Bertz CT molecular complexity index is 77.4. The summed E-state index contributed by atoms with van der Waals surface area (Å²) in [6.45, 7) is -1.12. The molecular formula is C5H11F2NO. The standard InChI is InChI=1S/C5H11F2NO/c1-4(8(2)3)9-5(6)7/h4-5H,1-3H3. The molecule has 0 rings (SSSR count). The van der Waals surface area contributed by atoms with Crippen molar-refractivity contribution in [1.29, 1.82) is 0 Å². The van der Waals surface area contributed by atoms with Crippen LogP contribution in [0.4, 0.5) is 8.78 Å². The Morgan fingerprint density at radius 3 is 1.89 bits per heavy atom. The molecule has 0 saturated carbocycles. The molecule has 56 valence electrons. The monoisotopic (exact) mass is 139 g/mol. The summed E-state index contributed by atoms with van der Waals surface area (Å²) in [6.07, 6.45) is -0.523. The summed E-state index contributed by atoms with van der Waals surface area (Å²) in [5.74, 6) is 0. The van der Waals surface area contributed by atoms with E-state index >= 15 is 0 Å². The molecule has 0 aromatic carbocycles. The highest BCUT2D eigenvalue weighted by atomic mass is 19.3. The molecule has 0 spiro atoms. The second-order valence-electron chi connectivity index (χ2n) is 1.96. The zero-order valence-electron chi connectivity index (χ0n) is 5.77. The van der Waals surface area contributed by atoms with E-state index in [4.69, 9.17) is 0 Å². The Morgan fingerprint density at radius 1 is 1.33 bits per heavy atom. The summed E-state index contributed by atoms with van der Waals surface area (Å²) >= 11 is 0. The van der Waals surface area contributed by atoms with Crippen LogP contribution in [0.3, 0.4) is 0 Å². The topological polar surface area (TPSA) is 12.5 Å². The molecule has 0 aliphatic rings. The molecule has 0 amide bonds. The van der Waals surface area contributed by atoms with Gasteiger partial charge < -0.3 is 4.74 Å². The molecule has 4 heteroatoms. The molecule has 0 aliphatic carbocycles. The smallest absolute Gasteiger partial charge is 0.304 e. The molecule has 0 fully saturated rings. The van der Waals surface area contributed by atoms with E-state index < -0.39 is 12.8 Å². The predicted octanol–water partition coefficient (Wildman–Crippen LogP) is 1.13. The summed E-state index contributed by atoms with van der Waals surface area (Å²) in [4.78, 5) is 1.56. The fourth-order valence-electron chi connectivity index (χ4n) is 0.271. The molecule has 2 nitrogen and oxygen atoms in total. The van der Waals surface area contributed by atoms with E-state index in [0.717, 1.165) is 0 Å². The number of alkyl halides is 2. The van der Waals surface area contributed by atoms with E-state index in [2.05, 4.69) is 4.74 Å². The second kappa shape index (κ2) is 3.74. The van der Waals surface area contributed by atoms with Crippen molar-refractivity contribution in [2.24, 2.45) is 0 Å². The molecule has 1 unspecified atom stereocenters. The maximum Gasteiger partial charge on any atom is 0.346 e. The van der Waals surface area contributed by atoms with E-state index in [-0.39, 0.29) is 0 Å². The Labute approximate surface area is 53.4 Å². The number of ether oxygens (including phenoxy) is 1. The van der Waals surface area contributed by atoms with E-state index in [1.165, 1.54) is 0 Å². The van der Waals surface area contributed by atoms with Gasteiger partial charge >= 0.3 is 6.61 Å². The average molecular weight is 139 g/mol. The molecular weight excluding hydrogens is 128 g/mol. The van der Waals surface area contributed by atoms with Gasteiger partial charge in [-0.05, 0) is 21.0 Å². The van der Waals surface area contributed by atoms with Crippen LogP contribution in [0.15, 0.2) is 0 Å². The first-order valence-electron chi connectivity index (χ1n) is 2.64. The normalized spacial score (nSPS) is 15.0. The van der Waals surface area contributed by atoms with Crippen LogP contribution in [0, 0.1) is 0 Å². The van der Waals surface area contributed by atoms with E-state index in [1.54, 1.807) is 25.9 Å². The molecule has 0 bridgehead atoms. The van der Waals surface area contributed by atoms with Crippen molar-refractivity contribution in [3.05, 3.63) is 0 Å². The van der Waals surface area contributed by atoms with Crippen molar-refractivity contribution in [2.75, 3.05) is 14.1 Å². The molecule has 0 aromatic heterocycles. The first kappa shape index (κ1) is 8.78. The molecule has 0 N–H and O–H groups in total. The Kier molecular flexibility index (Phi) is 3.65. The van der Waals surface area contributed by atoms with Gasteiger partial charge in [-0.1, -0.05) is 0 Å². The van der Waals surface area contributed by atoms with Gasteiger partial charge in [-0.15, -0.1) is 0 Å². The highest BCUT2D eigenvalue weighted by Crippen LogP contribution is 2.01. The third kappa shape index (κ3) is 4.29. The van der Waals surface area contributed by atoms with Crippen LogP contribution in [0.5, 0.6) is 0 Å². The Hall–Kier alpha value is -0.220. The van der Waals surface area contributed by atoms with Gasteiger partial charge in [0.25, 0.3) is 0 Å². The SMILES string of the molecule is CC(OC(F)F)N(C)C. The van der Waals surface area contributed by atoms with Crippen molar-refractivity contribution < 1.29 is 13.5 Å². The molecule has 0 saturated heterocycles. The summed E-state index contributed by atoms with van der Waals surface area (Å²) in [7, 11) is 3.35. The van der Waals surface area contributed by atoms with E-state index in [9.17, 15) is 8.78 Å². The predicted molar refractivity (Wildman–Crippen MR) is 30.2 cm³/mol. The quantitative estimate of drug-likeness (QED) is 0.543. The van der Waals surface area contributed by atoms with Gasteiger partial charge in [-0.25, -0.2) is 0 Å². The minimum Gasteiger partial charge on any atom is -0.304 e. The van der Waals surface area contributed by atoms with Crippen LogP contribution < -0.4 is 0 Å². The van der Waals surface area contributed by atoms with Gasteiger partial charge in [0.05, 0.1) is 0 Å². The van der Waals surface area contributed by atoms with Crippen LogP contribution in [0.25, 0.3) is 0 Å². The average Bonchev–Trinajstić information content (AvgIpc) is 1.63. The summed E-state index contributed by atoms with van der Waals surface area (Å²) in [5, 5.41) is 0. The lowest BCUT2D eigenvalue weighted by molar-refractivity contribution is -0.190. The van der Waals surface area contributed by atoms with Crippen LogP contribution >= 0.6 is 0 Å². The number of nitrogens with zero attached hydrogens (tertiary/aromatic N) is 1. The largest absolute Gasteiger partial charge is 0.346 e. The minimum atomic E-state index is -2.68. The molecule has 9 heavy (non-hydrogen) atoms. The van der Waals surface area contributed by atoms with Crippen molar-refractivity contribution in [3.8, 4) is 0 Å². The Balaban J connectivity index is 3.38. The highest BCUT2D eigenvalue weighted by Gasteiger charge is 2.10. The maximum absolute atomic E-state index is 11.4. The molecule has 0 aromatic rings. The number of halogens is 2. The van der Waals surface area contributed by atoms with Crippen molar-refractivity contribution in [1.82, 2.24) is 4.90 Å². The van der Waals surface area contributed by atoms with Crippen LogP contribution in [-0.2, 0) is 4.74 Å². The fourth-order valence-corrected chi connectivity index (χ4v) is 0.271. The molecule has 1 atom stereocenters. The Morgan fingerprint density at radius 2 is 1.78 bits per heavy atom. The van der Waals surface area contributed by atoms with Crippen molar-refractivity contribution >= 4 is 0 Å². The van der Waals surface area contributed by atoms with Crippen LogP contribution in [0.1, 0.15) is 6.92 Å². The summed E-state index contributed by atoms with van der Waals surface area (Å²) in [6, 6.07) is 0. The lowest BCUT2D eigenvalue weighted by Gasteiger charge is -2.18. The van der Waals surface area contributed by atoms with Gasteiger partial charge in [-0.2, -0.15) is 8.78 Å². The fraction of sp³-hybridized carbons (Fsp3) is 1.00. The lowest BCUT2D eigenvalue weighted by Crippen LogP contribution is -2.29. The first-order valence-corrected chi connectivity index (χ1v) is 2.64. The zero-order valence-corrected chi connectivity index (χ0v) is 5.77. The summed E-state index contributed by atoms with van der Waals surface area (Å²) in [5.41, 5.74) is 0. The van der Waals surface area contributed by atoms with E-state index in [0.29, 0.717) is 0 Å². The summed E-state index contributed by atoms with van der Waals surface area (Å²) < 4.78 is 26.9. The molecule has 0 aliphatic heterocycles. The van der Waals surface area contributed by atoms with Gasteiger partial charge in [0, 0.05) is 0 Å². The van der Waals surface area contributed by atoms with Gasteiger partial charge in [0.2, 0.25) is 0 Å². The minimum absolute atomic E-state index is 0.523. The van der Waals surface area contributed by atoms with Gasteiger partial charge in [0.1, 0.15) is 6.23 Å². The van der Waals surface area contributed by atoms with Crippen molar-refractivity contribution in [2.45, 2.75) is 19.8 Å². The number of hydrogen-bond acceptors (Lipinski definition) is 2. The van der Waals surface area contributed by atoms with Crippen LogP contribution in [0.2, 0.25) is 0 Å². The molecule has 0 radical (unpaired) electrons. The number of rotatable bonds is 3. The maximum atomic E-state index is 11.4. The second-order valence-corrected chi connectivity index (χ2v) is 1.96. The van der Waals surface area contributed by atoms with Gasteiger partial charge in [-0.3, -0.25) is 4.90 Å². The molecule has 0 heterocycles. The van der Waals surface area contributed by atoms with E-state index in [1.807, 2.05) is 0 Å². The first-order chi connectivity index (χ1) is 4.04. The highest BCUT2D eigenvalue weighted by molar-refractivity contribution is 4.41. The zero-order chi connectivity index (χ0) is 7.44. The third-order valence-corrected chi connectivity index (χ3v) is 1.03.